The zero-order valence-corrected chi connectivity index (χ0v) is 11.9. The van der Waals surface area contributed by atoms with E-state index < -0.39 is 5.82 Å². The molecule has 0 saturated heterocycles. The van der Waals surface area contributed by atoms with Crippen LogP contribution in [0.1, 0.15) is 5.56 Å². The highest BCUT2D eigenvalue weighted by Gasteiger charge is 2.11. The van der Waals surface area contributed by atoms with Gasteiger partial charge in [0.15, 0.2) is 0 Å². The van der Waals surface area contributed by atoms with E-state index in [0.717, 1.165) is 0 Å². The maximum absolute atomic E-state index is 13.7. The summed E-state index contributed by atoms with van der Waals surface area (Å²) in [4.78, 5) is -0.0133. The average molecular weight is 315 g/mol. The molecule has 98 valence electrons. The lowest BCUT2D eigenvalue weighted by atomic mass is 10.1. The smallest absolute Gasteiger partial charge is 0.135 e. The van der Waals surface area contributed by atoms with Gasteiger partial charge in [0.2, 0.25) is 0 Å². The Morgan fingerprint density at radius 3 is 2.53 bits per heavy atom. The molecule has 0 bridgehead atoms. The minimum absolute atomic E-state index is 0.0133. The molecule has 0 radical (unpaired) electrons. The largest absolute Gasteiger partial charge is 0.389 e. The lowest BCUT2D eigenvalue weighted by Gasteiger charge is -2.12. The Balaban J connectivity index is 2.40. The molecule has 0 fully saturated rings. The van der Waals surface area contributed by atoms with Crippen molar-refractivity contribution >= 4 is 51.8 Å². The highest BCUT2D eigenvalue weighted by atomic mass is 35.5. The van der Waals surface area contributed by atoms with Crippen molar-refractivity contribution in [2.75, 3.05) is 5.32 Å². The van der Waals surface area contributed by atoms with Crippen molar-refractivity contribution in [3.63, 3.8) is 0 Å². The highest BCUT2D eigenvalue weighted by molar-refractivity contribution is 7.80. The molecule has 0 heterocycles. The maximum Gasteiger partial charge on any atom is 0.135 e. The molecule has 6 heteroatoms. The second-order valence-electron chi connectivity index (χ2n) is 3.78. The summed E-state index contributed by atoms with van der Waals surface area (Å²) >= 11 is 16.6. The molecule has 0 aliphatic carbocycles. The molecule has 2 rings (SSSR count). The van der Waals surface area contributed by atoms with Gasteiger partial charge in [0.1, 0.15) is 10.8 Å². The summed E-state index contributed by atoms with van der Waals surface area (Å²) in [5.41, 5.74) is 6.84. The Morgan fingerprint density at radius 1 is 1.16 bits per heavy atom. The van der Waals surface area contributed by atoms with Gasteiger partial charge in [0.05, 0.1) is 21.3 Å². The molecule has 2 nitrogen and oxygen atoms in total. The van der Waals surface area contributed by atoms with E-state index >= 15 is 0 Å². The van der Waals surface area contributed by atoms with E-state index in [-0.39, 0.29) is 10.6 Å². The molecule has 3 N–H and O–H groups in total. The first-order valence-electron chi connectivity index (χ1n) is 5.29. The number of halogens is 3. The van der Waals surface area contributed by atoms with Crippen LogP contribution in [-0.4, -0.2) is 4.99 Å². The van der Waals surface area contributed by atoms with Crippen molar-refractivity contribution < 1.29 is 4.39 Å². The normalized spacial score (nSPS) is 10.3. The van der Waals surface area contributed by atoms with Crippen molar-refractivity contribution in [3.05, 3.63) is 57.8 Å². The van der Waals surface area contributed by atoms with Crippen molar-refractivity contribution in [2.24, 2.45) is 5.73 Å². The van der Waals surface area contributed by atoms with Crippen LogP contribution in [-0.2, 0) is 0 Å². The lowest BCUT2D eigenvalue weighted by Crippen LogP contribution is -2.14. The lowest BCUT2D eigenvalue weighted by molar-refractivity contribution is 0.626. The van der Waals surface area contributed by atoms with Gasteiger partial charge in [0, 0.05) is 5.69 Å². The van der Waals surface area contributed by atoms with Gasteiger partial charge in [-0.1, -0.05) is 41.5 Å². The van der Waals surface area contributed by atoms with Crippen LogP contribution in [0.5, 0.6) is 0 Å². The molecule has 2 aromatic rings. The molecule has 0 amide bonds. The molecule has 19 heavy (non-hydrogen) atoms. The van der Waals surface area contributed by atoms with E-state index in [4.69, 9.17) is 41.2 Å². The van der Waals surface area contributed by atoms with Crippen LogP contribution in [0, 0.1) is 5.82 Å². The Labute approximate surface area is 125 Å². The number of benzene rings is 2. The second kappa shape index (κ2) is 5.74. The summed E-state index contributed by atoms with van der Waals surface area (Å²) in [7, 11) is 0. The minimum Gasteiger partial charge on any atom is -0.389 e. The van der Waals surface area contributed by atoms with Gasteiger partial charge in [0.25, 0.3) is 0 Å². The Kier molecular flexibility index (Phi) is 4.24. The highest BCUT2D eigenvalue weighted by Crippen LogP contribution is 2.28. The summed E-state index contributed by atoms with van der Waals surface area (Å²) in [5, 5.41) is 3.86. The van der Waals surface area contributed by atoms with Crippen LogP contribution >= 0.6 is 35.4 Å². The van der Waals surface area contributed by atoms with Gasteiger partial charge < -0.3 is 11.1 Å². The molecule has 0 saturated carbocycles. The number of nitrogens with one attached hydrogen (secondary N) is 1. The Bertz CT molecular complexity index is 647. The van der Waals surface area contributed by atoms with Gasteiger partial charge in [-0.2, -0.15) is 0 Å². The van der Waals surface area contributed by atoms with Crippen LogP contribution in [0.2, 0.25) is 10.0 Å². The van der Waals surface area contributed by atoms with Crippen LogP contribution in [0.4, 0.5) is 15.8 Å². The zero-order valence-electron chi connectivity index (χ0n) is 9.58. The molecule has 0 aromatic heterocycles. The molecular weight excluding hydrogens is 306 g/mol. The standard InChI is InChI=1S/C13H9Cl2FN2S/c14-8-5-4-7(6-9(8)15)18-11-3-1-2-10(16)12(11)13(17)19/h1-6,18H,(H2,17,19). The van der Waals surface area contributed by atoms with Crippen LogP contribution in [0.25, 0.3) is 0 Å². The first-order valence-corrected chi connectivity index (χ1v) is 6.46. The summed E-state index contributed by atoms with van der Waals surface area (Å²) in [6.45, 7) is 0. The van der Waals surface area contributed by atoms with E-state index in [1.807, 2.05) is 0 Å². The predicted molar refractivity (Wildman–Crippen MR) is 82.0 cm³/mol. The van der Waals surface area contributed by atoms with Crippen molar-refractivity contribution in [2.45, 2.75) is 0 Å². The number of thiocarbonyl (C=S) groups is 1. The van der Waals surface area contributed by atoms with Crippen LogP contribution in [0.3, 0.4) is 0 Å². The Hall–Kier alpha value is -1.36. The van der Waals surface area contributed by atoms with Gasteiger partial charge >= 0.3 is 0 Å². The number of anilines is 2. The molecule has 0 spiro atoms. The van der Waals surface area contributed by atoms with Crippen molar-refractivity contribution in [1.29, 1.82) is 0 Å². The van der Waals surface area contributed by atoms with Crippen molar-refractivity contribution in [1.82, 2.24) is 0 Å². The maximum atomic E-state index is 13.7. The minimum atomic E-state index is -0.474. The quantitative estimate of drug-likeness (QED) is 0.819. The fraction of sp³-hybridized carbons (Fsp3) is 0. The summed E-state index contributed by atoms with van der Waals surface area (Å²) in [6.07, 6.45) is 0. The molecule has 0 atom stereocenters. The first-order chi connectivity index (χ1) is 8.99. The fourth-order valence-corrected chi connectivity index (χ4v) is 2.11. The number of rotatable bonds is 3. The SMILES string of the molecule is NC(=S)c1c(F)cccc1Nc1ccc(Cl)c(Cl)c1. The number of hydrogen-bond donors (Lipinski definition) is 2. The van der Waals surface area contributed by atoms with E-state index in [0.29, 0.717) is 21.4 Å². The summed E-state index contributed by atoms with van der Waals surface area (Å²) in [6, 6.07) is 9.55. The number of nitrogens with two attached hydrogens (primary N) is 1. The first kappa shape index (κ1) is 14.1. The second-order valence-corrected chi connectivity index (χ2v) is 5.03. The van der Waals surface area contributed by atoms with Gasteiger partial charge in [-0.05, 0) is 30.3 Å². The molecule has 0 aliphatic heterocycles. The topological polar surface area (TPSA) is 38.0 Å². The fourth-order valence-electron chi connectivity index (χ4n) is 1.61. The van der Waals surface area contributed by atoms with Gasteiger partial charge in [-0.3, -0.25) is 0 Å². The molecular formula is C13H9Cl2FN2S. The van der Waals surface area contributed by atoms with E-state index in [9.17, 15) is 4.39 Å². The monoisotopic (exact) mass is 314 g/mol. The predicted octanol–water partition coefficient (Wildman–Crippen LogP) is 4.51. The van der Waals surface area contributed by atoms with E-state index in [2.05, 4.69) is 5.32 Å². The third-order valence-corrected chi connectivity index (χ3v) is 3.40. The van der Waals surface area contributed by atoms with Gasteiger partial charge in [-0.15, -0.1) is 0 Å². The van der Waals surface area contributed by atoms with E-state index in [1.165, 1.54) is 6.07 Å². The summed E-state index contributed by atoms with van der Waals surface area (Å²) < 4.78 is 13.7. The molecule has 2 aromatic carbocycles. The van der Waals surface area contributed by atoms with E-state index in [1.54, 1.807) is 30.3 Å². The number of hydrogen-bond acceptors (Lipinski definition) is 2. The van der Waals surface area contributed by atoms with Crippen molar-refractivity contribution in [3.8, 4) is 0 Å². The average Bonchev–Trinajstić information content (AvgIpc) is 2.33. The van der Waals surface area contributed by atoms with Gasteiger partial charge in [-0.25, -0.2) is 4.39 Å². The zero-order chi connectivity index (χ0) is 14.0. The third kappa shape index (κ3) is 3.15. The molecule has 0 unspecified atom stereocenters. The van der Waals surface area contributed by atoms with Crippen LogP contribution in [0.15, 0.2) is 36.4 Å². The van der Waals surface area contributed by atoms with Crippen LogP contribution < -0.4 is 11.1 Å². The third-order valence-electron chi connectivity index (χ3n) is 2.46. The molecule has 0 aliphatic rings. The summed E-state index contributed by atoms with van der Waals surface area (Å²) in [5.74, 6) is -0.474. The Morgan fingerprint density at radius 2 is 1.89 bits per heavy atom.